The van der Waals surface area contributed by atoms with Crippen LogP contribution in [0.4, 0.5) is 4.39 Å². The minimum Gasteiger partial charge on any atom is -0.336 e. The van der Waals surface area contributed by atoms with Crippen molar-refractivity contribution in [2.75, 3.05) is 6.54 Å². The lowest BCUT2D eigenvalue weighted by molar-refractivity contribution is 0.0751. The van der Waals surface area contributed by atoms with E-state index in [-0.39, 0.29) is 11.7 Å². The number of hydrogen-bond donors (Lipinski definition) is 0. The van der Waals surface area contributed by atoms with Gasteiger partial charge in [-0.1, -0.05) is 0 Å². The molecule has 1 aromatic rings. The number of benzene rings is 1. The molecule has 1 aliphatic carbocycles. The average Bonchev–Trinajstić information content (AvgIpc) is 3.02. The van der Waals surface area contributed by atoms with Crippen LogP contribution in [0.25, 0.3) is 0 Å². The molecule has 0 saturated heterocycles. The molecular weight excluding hydrogens is 273 g/mol. The number of rotatable bonds is 3. The summed E-state index contributed by atoms with van der Waals surface area (Å²) in [6.45, 7) is 2.67. The zero-order valence-electron chi connectivity index (χ0n) is 9.04. The standard InChI is InChI=1S/C12H13BrFNO/c1-2-15(9-4-5-9)12(16)10-6-3-8(14)7-11(10)13/h3,6-7,9H,2,4-5H2,1H3. The molecule has 0 atom stereocenters. The molecule has 0 spiro atoms. The minimum absolute atomic E-state index is 0.0168. The fourth-order valence-electron chi connectivity index (χ4n) is 1.77. The van der Waals surface area contributed by atoms with Crippen molar-refractivity contribution in [3.63, 3.8) is 0 Å². The number of carbonyl (C=O) groups excluding carboxylic acids is 1. The summed E-state index contributed by atoms with van der Waals surface area (Å²) < 4.78 is 13.4. The molecule has 0 heterocycles. The van der Waals surface area contributed by atoms with Crippen molar-refractivity contribution in [3.8, 4) is 0 Å². The van der Waals surface area contributed by atoms with Gasteiger partial charge in [0.25, 0.3) is 5.91 Å². The molecule has 2 rings (SSSR count). The van der Waals surface area contributed by atoms with Gasteiger partial charge in [0.1, 0.15) is 5.82 Å². The molecule has 0 aliphatic heterocycles. The van der Waals surface area contributed by atoms with Gasteiger partial charge in [0, 0.05) is 17.1 Å². The normalized spacial score (nSPS) is 14.9. The zero-order chi connectivity index (χ0) is 11.7. The number of halogens is 2. The second-order valence-corrected chi connectivity index (χ2v) is 4.80. The summed E-state index contributed by atoms with van der Waals surface area (Å²) in [4.78, 5) is 14.0. The highest BCUT2D eigenvalue weighted by molar-refractivity contribution is 9.10. The third-order valence-corrected chi connectivity index (χ3v) is 3.41. The summed E-state index contributed by atoms with van der Waals surface area (Å²) in [5.74, 6) is -0.352. The minimum atomic E-state index is -0.335. The maximum Gasteiger partial charge on any atom is 0.255 e. The van der Waals surface area contributed by atoms with E-state index < -0.39 is 0 Å². The average molecular weight is 286 g/mol. The van der Waals surface area contributed by atoms with Gasteiger partial charge in [-0.25, -0.2) is 4.39 Å². The molecule has 4 heteroatoms. The number of carbonyl (C=O) groups is 1. The lowest BCUT2D eigenvalue weighted by atomic mass is 10.2. The molecule has 1 aliphatic rings. The zero-order valence-corrected chi connectivity index (χ0v) is 10.6. The quantitative estimate of drug-likeness (QED) is 0.835. The molecule has 16 heavy (non-hydrogen) atoms. The molecule has 86 valence electrons. The van der Waals surface area contributed by atoms with Crippen LogP contribution in [-0.2, 0) is 0 Å². The van der Waals surface area contributed by atoms with Crippen molar-refractivity contribution in [1.82, 2.24) is 4.90 Å². The first kappa shape index (κ1) is 11.6. The van der Waals surface area contributed by atoms with Gasteiger partial charge in [0.15, 0.2) is 0 Å². The molecule has 2 nitrogen and oxygen atoms in total. The van der Waals surface area contributed by atoms with Crippen LogP contribution in [0.5, 0.6) is 0 Å². The van der Waals surface area contributed by atoms with Gasteiger partial charge in [-0.3, -0.25) is 4.79 Å². The maximum atomic E-state index is 12.9. The Balaban J connectivity index is 2.25. The third kappa shape index (κ3) is 2.26. The predicted octanol–water partition coefficient (Wildman–Crippen LogP) is 3.21. The van der Waals surface area contributed by atoms with Crippen molar-refractivity contribution in [3.05, 3.63) is 34.1 Å². The summed E-state index contributed by atoms with van der Waals surface area (Å²) in [7, 11) is 0. The lowest BCUT2D eigenvalue weighted by Gasteiger charge is -2.20. The Hall–Kier alpha value is -0.900. The van der Waals surface area contributed by atoms with Gasteiger partial charge in [-0.05, 0) is 53.9 Å². The number of nitrogens with zero attached hydrogens (tertiary/aromatic N) is 1. The molecule has 0 unspecified atom stereocenters. The van der Waals surface area contributed by atoms with Crippen molar-refractivity contribution < 1.29 is 9.18 Å². The van der Waals surface area contributed by atoms with Gasteiger partial charge in [-0.2, -0.15) is 0 Å². The van der Waals surface area contributed by atoms with E-state index in [0.717, 1.165) is 12.8 Å². The molecule has 0 radical (unpaired) electrons. The van der Waals surface area contributed by atoms with E-state index in [9.17, 15) is 9.18 Å². The van der Waals surface area contributed by atoms with Crippen LogP contribution in [0.15, 0.2) is 22.7 Å². The van der Waals surface area contributed by atoms with Crippen molar-refractivity contribution in [2.45, 2.75) is 25.8 Å². The Labute approximate surface area is 103 Å². The van der Waals surface area contributed by atoms with Crippen LogP contribution in [0, 0.1) is 5.82 Å². The molecule has 1 fully saturated rings. The van der Waals surface area contributed by atoms with Crippen molar-refractivity contribution >= 4 is 21.8 Å². The van der Waals surface area contributed by atoms with E-state index in [1.807, 2.05) is 11.8 Å². The maximum absolute atomic E-state index is 12.9. The Morgan fingerprint density at radius 2 is 2.25 bits per heavy atom. The van der Waals surface area contributed by atoms with Gasteiger partial charge < -0.3 is 4.90 Å². The Morgan fingerprint density at radius 1 is 1.56 bits per heavy atom. The summed E-state index contributed by atoms with van der Waals surface area (Å²) in [5, 5.41) is 0. The van der Waals surface area contributed by atoms with Crippen LogP contribution in [0.3, 0.4) is 0 Å². The van der Waals surface area contributed by atoms with Crippen molar-refractivity contribution in [2.24, 2.45) is 0 Å². The summed E-state index contributed by atoms with van der Waals surface area (Å²) >= 11 is 3.23. The van der Waals surface area contributed by atoms with Crippen LogP contribution in [0.2, 0.25) is 0 Å². The number of hydrogen-bond acceptors (Lipinski definition) is 1. The smallest absolute Gasteiger partial charge is 0.255 e. The van der Waals surface area contributed by atoms with Gasteiger partial charge in [0.2, 0.25) is 0 Å². The molecule has 1 aromatic carbocycles. The first-order chi connectivity index (χ1) is 7.63. The van der Waals surface area contributed by atoms with E-state index >= 15 is 0 Å². The molecular formula is C12H13BrFNO. The first-order valence-electron chi connectivity index (χ1n) is 5.39. The summed E-state index contributed by atoms with van der Waals surface area (Å²) in [6, 6.07) is 4.56. The summed E-state index contributed by atoms with van der Waals surface area (Å²) in [6.07, 6.45) is 2.16. The van der Waals surface area contributed by atoms with Crippen LogP contribution >= 0.6 is 15.9 Å². The number of amides is 1. The van der Waals surface area contributed by atoms with E-state index in [4.69, 9.17) is 0 Å². The molecule has 0 N–H and O–H groups in total. The van der Waals surface area contributed by atoms with E-state index in [2.05, 4.69) is 15.9 Å². The molecule has 0 bridgehead atoms. The Kier molecular flexibility index (Phi) is 3.28. The first-order valence-corrected chi connectivity index (χ1v) is 6.18. The molecule has 1 amide bonds. The van der Waals surface area contributed by atoms with Crippen molar-refractivity contribution in [1.29, 1.82) is 0 Å². The Morgan fingerprint density at radius 3 is 2.75 bits per heavy atom. The van der Waals surface area contributed by atoms with Crippen LogP contribution in [-0.4, -0.2) is 23.4 Å². The predicted molar refractivity (Wildman–Crippen MR) is 63.8 cm³/mol. The highest BCUT2D eigenvalue weighted by Crippen LogP contribution is 2.29. The van der Waals surface area contributed by atoms with E-state index in [1.54, 1.807) is 0 Å². The van der Waals surface area contributed by atoms with Gasteiger partial charge in [0.05, 0.1) is 5.56 Å². The summed E-state index contributed by atoms with van der Waals surface area (Å²) in [5.41, 5.74) is 0.537. The van der Waals surface area contributed by atoms with E-state index in [0.29, 0.717) is 22.6 Å². The molecule has 1 saturated carbocycles. The highest BCUT2D eigenvalue weighted by Gasteiger charge is 2.32. The lowest BCUT2D eigenvalue weighted by Crippen LogP contribution is -2.33. The molecule has 0 aromatic heterocycles. The monoisotopic (exact) mass is 285 g/mol. The fraction of sp³-hybridized carbons (Fsp3) is 0.417. The Bertz CT molecular complexity index is 417. The second kappa shape index (κ2) is 4.53. The van der Waals surface area contributed by atoms with Crippen LogP contribution in [0.1, 0.15) is 30.1 Å². The third-order valence-electron chi connectivity index (χ3n) is 2.75. The largest absolute Gasteiger partial charge is 0.336 e. The van der Waals surface area contributed by atoms with E-state index in [1.165, 1.54) is 18.2 Å². The SMILES string of the molecule is CCN(C(=O)c1ccc(F)cc1Br)C1CC1. The van der Waals surface area contributed by atoms with Crippen LogP contribution < -0.4 is 0 Å². The van der Waals surface area contributed by atoms with Gasteiger partial charge in [-0.15, -0.1) is 0 Å². The highest BCUT2D eigenvalue weighted by atomic mass is 79.9. The second-order valence-electron chi connectivity index (χ2n) is 3.95. The topological polar surface area (TPSA) is 20.3 Å². The fourth-order valence-corrected chi connectivity index (χ4v) is 2.29. The van der Waals surface area contributed by atoms with Gasteiger partial charge >= 0.3 is 0 Å².